The summed E-state index contributed by atoms with van der Waals surface area (Å²) in [5.41, 5.74) is 1.11. The van der Waals surface area contributed by atoms with Crippen molar-refractivity contribution in [3.8, 4) is 0 Å². The molecule has 0 amide bonds. The molecule has 5 nitrogen and oxygen atoms in total. The molecule has 0 bridgehead atoms. The molecule has 17 heavy (non-hydrogen) atoms. The number of nitrogens with one attached hydrogen (secondary N) is 1. The first-order chi connectivity index (χ1) is 8.29. The van der Waals surface area contributed by atoms with Gasteiger partial charge in [0.1, 0.15) is 11.9 Å². The fourth-order valence-electron chi connectivity index (χ4n) is 1.61. The zero-order chi connectivity index (χ0) is 12.1. The van der Waals surface area contributed by atoms with E-state index in [0.717, 1.165) is 12.1 Å². The van der Waals surface area contributed by atoms with Gasteiger partial charge in [-0.15, -0.1) is 0 Å². The van der Waals surface area contributed by atoms with Crippen molar-refractivity contribution in [3.63, 3.8) is 0 Å². The Balaban J connectivity index is 1.76. The Bertz CT molecular complexity index is 436. The van der Waals surface area contributed by atoms with Crippen molar-refractivity contribution in [3.05, 3.63) is 42.1 Å². The Labute approximate surface area is 100 Å². The number of hydrogen-bond donors (Lipinski definition) is 2. The second-order valence-corrected chi connectivity index (χ2v) is 3.87. The van der Waals surface area contributed by atoms with Crippen molar-refractivity contribution in [2.24, 2.45) is 0 Å². The van der Waals surface area contributed by atoms with Crippen LogP contribution in [0.4, 0.5) is 0 Å². The molecule has 0 saturated heterocycles. The van der Waals surface area contributed by atoms with Gasteiger partial charge in [0.05, 0.1) is 12.5 Å². The molecule has 0 spiro atoms. The van der Waals surface area contributed by atoms with E-state index in [0.29, 0.717) is 18.8 Å². The van der Waals surface area contributed by atoms with E-state index in [1.54, 1.807) is 18.4 Å². The highest BCUT2D eigenvalue weighted by atomic mass is 16.4. The summed E-state index contributed by atoms with van der Waals surface area (Å²) in [6, 6.07) is 3.53. The van der Waals surface area contributed by atoms with E-state index in [1.807, 2.05) is 24.0 Å². The van der Waals surface area contributed by atoms with E-state index in [4.69, 9.17) is 4.42 Å². The van der Waals surface area contributed by atoms with Gasteiger partial charge in [-0.25, -0.2) is 0 Å². The molecule has 5 heteroatoms. The summed E-state index contributed by atoms with van der Waals surface area (Å²) in [6.07, 6.45) is 4.78. The molecule has 0 aromatic carbocycles. The van der Waals surface area contributed by atoms with Crippen molar-refractivity contribution < 1.29 is 9.52 Å². The van der Waals surface area contributed by atoms with Gasteiger partial charge in [0, 0.05) is 31.4 Å². The highest BCUT2D eigenvalue weighted by Gasteiger charge is 2.09. The summed E-state index contributed by atoms with van der Waals surface area (Å²) in [4.78, 5) is 0. The average Bonchev–Trinajstić information content (AvgIpc) is 3.00. The SMILES string of the molecule is CCn1cc(CNC[C@@H](O)c2ccco2)cn1. The van der Waals surface area contributed by atoms with E-state index < -0.39 is 6.10 Å². The molecule has 1 atom stereocenters. The minimum absolute atomic E-state index is 0.463. The summed E-state index contributed by atoms with van der Waals surface area (Å²) in [6.45, 7) is 4.07. The summed E-state index contributed by atoms with van der Waals surface area (Å²) >= 11 is 0. The lowest BCUT2D eigenvalue weighted by Crippen LogP contribution is -2.20. The summed E-state index contributed by atoms with van der Waals surface area (Å²) in [5, 5.41) is 17.1. The maximum Gasteiger partial charge on any atom is 0.133 e. The van der Waals surface area contributed by atoms with E-state index >= 15 is 0 Å². The Morgan fingerprint density at radius 2 is 2.47 bits per heavy atom. The smallest absolute Gasteiger partial charge is 0.133 e. The van der Waals surface area contributed by atoms with Crippen LogP contribution in [-0.4, -0.2) is 21.4 Å². The maximum absolute atomic E-state index is 9.76. The van der Waals surface area contributed by atoms with Gasteiger partial charge in [0.2, 0.25) is 0 Å². The first-order valence-electron chi connectivity index (χ1n) is 5.73. The van der Waals surface area contributed by atoms with Crippen LogP contribution in [0.25, 0.3) is 0 Å². The van der Waals surface area contributed by atoms with Crippen LogP contribution in [0.5, 0.6) is 0 Å². The van der Waals surface area contributed by atoms with Gasteiger partial charge in [-0.1, -0.05) is 0 Å². The van der Waals surface area contributed by atoms with Gasteiger partial charge >= 0.3 is 0 Å². The number of aryl methyl sites for hydroxylation is 1. The number of rotatable bonds is 6. The molecule has 2 aromatic heterocycles. The summed E-state index contributed by atoms with van der Waals surface area (Å²) in [7, 11) is 0. The zero-order valence-corrected chi connectivity index (χ0v) is 9.84. The van der Waals surface area contributed by atoms with Crippen molar-refractivity contribution >= 4 is 0 Å². The van der Waals surface area contributed by atoms with Crippen molar-refractivity contribution in [1.82, 2.24) is 15.1 Å². The first-order valence-corrected chi connectivity index (χ1v) is 5.73. The third-order valence-electron chi connectivity index (χ3n) is 2.55. The third kappa shape index (κ3) is 3.18. The molecule has 0 aliphatic carbocycles. The van der Waals surface area contributed by atoms with Crippen LogP contribution < -0.4 is 5.32 Å². The average molecular weight is 235 g/mol. The van der Waals surface area contributed by atoms with E-state index in [9.17, 15) is 5.11 Å². The number of furan rings is 1. The van der Waals surface area contributed by atoms with Crippen molar-refractivity contribution in [2.45, 2.75) is 26.1 Å². The number of aliphatic hydroxyl groups excluding tert-OH is 1. The zero-order valence-electron chi connectivity index (χ0n) is 9.84. The van der Waals surface area contributed by atoms with E-state index in [-0.39, 0.29) is 0 Å². The number of hydrogen-bond acceptors (Lipinski definition) is 4. The largest absolute Gasteiger partial charge is 0.467 e. The van der Waals surface area contributed by atoms with Gasteiger partial charge < -0.3 is 14.8 Å². The molecule has 0 aliphatic rings. The highest BCUT2D eigenvalue weighted by molar-refractivity contribution is 5.05. The lowest BCUT2D eigenvalue weighted by molar-refractivity contribution is 0.147. The van der Waals surface area contributed by atoms with Gasteiger partial charge in [0.25, 0.3) is 0 Å². The minimum Gasteiger partial charge on any atom is -0.467 e. The standard InChI is InChI=1S/C12H17N3O2/c1-2-15-9-10(7-14-15)6-13-8-11(16)12-4-3-5-17-12/h3-5,7,9,11,13,16H,2,6,8H2,1H3/t11-/m1/s1. The Morgan fingerprint density at radius 3 is 3.12 bits per heavy atom. The normalized spacial score (nSPS) is 12.8. The molecular formula is C12H17N3O2. The van der Waals surface area contributed by atoms with Crippen LogP contribution in [0.3, 0.4) is 0 Å². The van der Waals surface area contributed by atoms with Crippen molar-refractivity contribution in [2.75, 3.05) is 6.54 Å². The first kappa shape index (κ1) is 11.9. The fraction of sp³-hybridized carbons (Fsp3) is 0.417. The van der Waals surface area contributed by atoms with Crippen molar-refractivity contribution in [1.29, 1.82) is 0 Å². The minimum atomic E-state index is -0.605. The molecule has 2 heterocycles. The van der Waals surface area contributed by atoms with Crippen LogP contribution in [-0.2, 0) is 13.1 Å². The van der Waals surface area contributed by atoms with E-state index in [1.165, 1.54) is 0 Å². The van der Waals surface area contributed by atoms with Crippen LogP contribution in [0.15, 0.2) is 35.2 Å². The predicted molar refractivity (Wildman–Crippen MR) is 63.3 cm³/mol. The van der Waals surface area contributed by atoms with Gasteiger partial charge in [-0.05, 0) is 19.1 Å². The predicted octanol–water partition coefficient (Wildman–Crippen LogP) is 1.32. The second-order valence-electron chi connectivity index (χ2n) is 3.87. The molecule has 0 aliphatic heterocycles. The molecule has 0 radical (unpaired) electrons. The summed E-state index contributed by atoms with van der Waals surface area (Å²) in [5.74, 6) is 0.585. The molecule has 2 aromatic rings. The highest BCUT2D eigenvalue weighted by Crippen LogP contribution is 2.11. The van der Waals surface area contributed by atoms with Gasteiger partial charge in [0.15, 0.2) is 0 Å². The monoisotopic (exact) mass is 235 g/mol. The number of aliphatic hydroxyl groups is 1. The van der Waals surface area contributed by atoms with Gasteiger partial charge in [-0.2, -0.15) is 5.10 Å². The quantitative estimate of drug-likeness (QED) is 0.792. The third-order valence-corrected chi connectivity index (χ3v) is 2.55. The topological polar surface area (TPSA) is 63.2 Å². The molecule has 92 valence electrons. The summed E-state index contributed by atoms with van der Waals surface area (Å²) < 4.78 is 6.99. The molecular weight excluding hydrogens is 218 g/mol. The number of nitrogens with zero attached hydrogens (tertiary/aromatic N) is 2. The van der Waals surface area contributed by atoms with E-state index in [2.05, 4.69) is 10.4 Å². The van der Waals surface area contributed by atoms with Crippen LogP contribution >= 0.6 is 0 Å². The van der Waals surface area contributed by atoms with Gasteiger partial charge in [-0.3, -0.25) is 4.68 Å². The molecule has 0 unspecified atom stereocenters. The molecule has 0 fully saturated rings. The van der Waals surface area contributed by atoms with Crippen LogP contribution in [0.1, 0.15) is 24.4 Å². The lowest BCUT2D eigenvalue weighted by Gasteiger charge is -2.08. The Hall–Kier alpha value is -1.59. The second kappa shape index (κ2) is 5.65. The Kier molecular flexibility index (Phi) is 3.95. The number of aromatic nitrogens is 2. The molecule has 2 N–H and O–H groups in total. The molecule has 0 saturated carbocycles. The molecule has 2 rings (SSSR count). The van der Waals surface area contributed by atoms with Crippen LogP contribution in [0, 0.1) is 0 Å². The van der Waals surface area contributed by atoms with Crippen LogP contribution in [0.2, 0.25) is 0 Å². The Morgan fingerprint density at radius 1 is 1.59 bits per heavy atom. The fourth-order valence-corrected chi connectivity index (χ4v) is 1.61. The lowest BCUT2D eigenvalue weighted by atomic mass is 10.2. The maximum atomic E-state index is 9.76.